The summed E-state index contributed by atoms with van der Waals surface area (Å²) in [5.41, 5.74) is 4.31. The first kappa shape index (κ1) is 19.0. The van der Waals surface area contributed by atoms with E-state index in [1.807, 2.05) is 24.3 Å². The van der Waals surface area contributed by atoms with Crippen LogP contribution in [0.1, 0.15) is 59.3 Å². The molecular weight excluding hydrogens is 376 g/mol. The smallest absolute Gasteiger partial charge is 0.232 e. The molecule has 2 aromatic heterocycles. The van der Waals surface area contributed by atoms with Gasteiger partial charge in [-0.3, -0.25) is 9.89 Å². The molecule has 0 amide bonds. The summed E-state index contributed by atoms with van der Waals surface area (Å²) in [4.78, 5) is 19.9. The van der Waals surface area contributed by atoms with Gasteiger partial charge in [-0.1, -0.05) is 19.4 Å². The monoisotopic (exact) mass is 402 g/mol. The number of benzene rings is 1. The molecule has 0 aliphatic carbocycles. The van der Waals surface area contributed by atoms with Crippen molar-refractivity contribution in [3.05, 3.63) is 58.6 Å². The van der Waals surface area contributed by atoms with E-state index >= 15 is 0 Å². The number of likely N-dealkylation sites (tertiary alicyclic amines) is 1. The molecule has 6 heteroatoms. The van der Waals surface area contributed by atoms with Crippen LogP contribution in [0.25, 0.3) is 17.1 Å². The van der Waals surface area contributed by atoms with E-state index in [4.69, 9.17) is 4.74 Å². The molecule has 3 aromatic rings. The molecule has 1 atom stereocenters. The van der Waals surface area contributed by atoms with Crippen molar-refractivity contribution in [1.29, 1.82) is 0 Å². The fourth-order valence-corrected chi connectivity index (χ4v) is 4.71. The summed E-state index contributed by atoms with van der Waals surface area (Å²) in [7, 11) is 0. The zero-order valence-corrected chi connectivity index (χ0v) is 17.4. The number of nitrogens with zero attached hydrogens (tertiary/aromatic N) is 3. The normalized spacial score (nSPS) is 19.3. The van der Waals surface area contributed by atoms with Gasteiger partial charge in [0.15, 0.2) is 11.4 Å². The van der Waals surface area contributed by atoms with Crippen LogP contribution in [0, 0.1) is 6.92 Å². The number of carbonyl (C=O) groups excluding carboxylic acids is 1. The summed E-state index contributed by atoms with van der Waals surface area (Å²) in [6, 6.07) is 7.71. The van der Waals surface area contributed by atoms with Crippen LogP contribution in [0.2, 0.25) is 0 Å². The van der Waals surface area contributed by atoms with Crippen molar-refractivity contribution in [1.82, 2.24) is 20.1 Å². The Bertz CT molecular complexity index is 1140. The van der Waals surface area contributed by atoms with Crippen LogP contribution in [0.15, 0.2) is 36.2 Å². The third-order valence-electron chi connectivity index (χ3n) is 6.20. The minimum Gasteiger partial charge on any atom is -0.452 e. The number of allylic oxidation sites excluding steroid dienone is 1. The molecule has 6 nitrogen and oxygen atoms in total. The summed E-state index contributed by atoms with van der Waals surface area (Å²) in [5.74, 6) is 1.24. The molecular formula is C24H26N4O2. The lowest BCUT2D eigenvalue weighted by Crippen LogP contribution is -2.33. The molecule has 1 unspecified atom stereocenters. The third kappa shape index (κ3) is 3.31. The van der Waals surface area contributed by atoms with Gasteiger partial charge in [-0.15, -0.1) is 0 Å². The molecule has 4 heterocycles. The van der Waals surface area contributed by atoms with Crippen molar-refractivity contribution in [3.63, 3.8) is 0 Å². The van der Waals surface area contributed by atoms with E-state index in [0.717, 1.165) is 30.6 Å². The standard InChI is InChI=1S/C24H26N4O2/c1-15-8-9-18-22(29)20(13-19-17-7-6-10-25-24(17)27-26-19)30-23(18)21(15)16(2)14-28-11-4-3-5-12-28/h6-10,13,16H,3-5,11-12,14H2,1-2H3,(H,25,26,27)/b20-13-. The lowest BCUT2D eigenvalue weighted by Gasteiger charge is -2.30. The van der Waals surface area contributed by atoms with Crippen molar-refractivity contribution in [3.8, 4) is 5.75 Å². The van der Waals surface area contributed by atoms with Gasteiger partial charge in [0.1, 0.15) is 5.75 Å². The first-order chi connectivity index (χ1) is 14.6. The van der Waals surface area contributed by atoms with Gasteiger partial charge in [0, 0.05) is 29.8 Å². The van der Waals surface area contributed by atoms with Crippen LogP contribution < -0.4 is 4.74 Å². The molecule has 5 rings (SSSR count). The zero-order chi connectivity index (χ0) is 20.7. The number of ketones is 1. The van der Waals surface area contributed by atoms with Crippen LogP contribution in [0.3, 0.4) is 0 Å². The van der Waals surface area contributed by atoms with Gasteiger partial charge < -0.3 is 9.64 Å². The number of H-pyrrole nitrogens is 1. The maximum atomic E-state index is 13.1. The number of carbonyl (C=O) groups is 1. The lowest BCUT2D eigenvalue weighted by molar-refractivity contribution is 0.101. The first-order valence-electron chi connectivity index (χ1n) is 10.7. The molecule has 0 radical (unpaired) electrons. The number of aromatic amines is 1. The zero-order valence-electron chi connectivity index (χ0n) is 17.4. The highest BCUT2D eigenvalue weighted by Gasteiger charge is 2.32. The largest absolute Gasteiger partial charge is 0.452 e. The Kier molecular flexibility index (Phi) is 4.87. The molecule has 0 saturated carbocycles. The number of pyridine rings is 1. The van der Waals surface area contributed by atoms with Gasteiger partial charge in [-0.05, 0) is 62.5 Å². The molecule has 154 valence electrons. The fourth-order valence-electron chi connectivity index (χ4n) is 4.71. The summed E-state index contributed by atoms with van der Waals surface area (Å²) in [6.07, 6.45) is 7.30. The molecule has 2 aliphatic rings. The van der Waals surface area contributed by atoms with Crippen LogP contribution in [0.4, 0.5) is 0 Å². The predicted molar refractivity (Wildman–Crippen MR) is 117 cm³/mol. The second kappa shape index (κ2) is 7.69. The second-order valence-electron chi connectivity index (χ2n) is 8.38. The van der Waals surface area contributed by atoms with E-state index in [1.54, 1.807) is 12.3 Å². The fraction of sp³-hybridized carbons (Fsp3) is 0.375. The van der Waals surface area contributed by atoms with Crippen LogP contribution in [-0.4, -0.2) is 45.5 Å². The second-order valence-corrected chi connectivity index (χ2v) is 8.38. The van der Waals surface area contributed by atoms with Gasteiger partial charge in [0.2, 0.25) is 5.78 Å². The highest BCUT2D eigenvalue weighted by molar-refractivity contribution is 6.15. The van der Waals surface area contributed by atoms with Crippen molar-refractivity contribution in [2.75, 3.05) is 19.6 Å². The van der Waals surface area contributed by atoms with E-state index in [2.05, 4.69) is 33.9 Å². The minimum atomic E-state index is -0.0866. The van der Waals surface area contributed by atoms with Gasteiger partial charge in [0.25, 0.3) is 0 Å². The van der Waals surface area contributed by atoms with E-state index in [9.17, 15) is 4.79 Å². The van der Waals surface area contributed by atoms with E-state index < -0.39 is 0 Å². The molecule has 1 N–H and O–H groups in total. The number of fused-ring (bicyclic) bond motifs is 2. The maximum absolute atomic E-state index is 13.1. The Morgan fingerprint density at radius 3 is 2.90 bits per heavy atom. The topological polar surface area (TPSA) is 71.1 Å². The number of rotatable bonds is 4. The average Bonchev–Trinajstić information content (AvgIpc) is 3.30. The highest BCUT2D eigenvalue weighted by atomic mass is 16.5. The Balaban J connectivity index is 1.47. The highest BCUT2D eigenvalue weighted by Crippen LogP contribution is 2.41. The van der Waals surface area contributed by atoms with Crippen LogP contribution >= 0.6 is 0 Å². The lowest BCUT2D eigenvalue weighted by atomic mass is 9.91. The molecule has 0 bridgehead atoms. The SMILES string of the molecule is Cc1ccc2c(c1C(C)CN1CCCCC1)O/C(=C\c1n[nH]c3ncccc13)C2=O. The third-order valence-corrected chi connectivity index (χ3v) is 6.20. The summed E-state index contributed by atoms with van der Waals surface area (Å²) in [5, 5.41) is 8.08. The summed E-state index contributed by atoms with van der Waals surface area (Å²) in [6.45, 7) is 7.64. The summed E-state index contributed by atoms with van der Waals surface area (Å²) < 4.78 is 6.18. The number of hydrogen-bond donors (Lipinski definition) is 1. The molecule has 1 fully saturated rings. The van der Waals surface area contributed by atoms with Gasteiger partial charge in [-0.2, -0.15) is 5.10 Å². The van der Waals surface area contributed by atoms with Crippen molar-refractivity contribution in [2.24, 2.45) is 0 Å². The van der Waals surface area contributed by atoms with Gasteiger partial charge in [-0.25, -0.2) is 4.98 Å². The number of aromatic nitrogens is 3. The number of hydrogen-bond acceptors (Lipinski definition) is 5. The van der Waals surface area contributed by atoms with Crippen molar-refractivity contribution < 1.29 is 9.53 Å². The molecule has 1 aromatic carbocycles. The van der Waals surface area contributed by atoms with E-state index in [-0.39, 0.29) is 5.78 Å². The number of piperidine rings is 1. The van der Waals surface area contributed by atoms with Crippen LogP contribution in [-0.2, 0) is 0 Å². The number of ether oxygens (including phenoxy) is 1. The van der Waals surface area contributed by atoms with Crippen LogP contribution in [0.5, 0.6) is 5.75 Å². The summed E-state index contributed by atoms with van der Waals surface area (Å²) >= 11 is 0. The van der Waals surface area contributed by atoms with Crippen molar-refractivity contribution in [2.45, 2.75) is 39.0 Å². The Morgan fingerprint density at radius 1 is 1.23 bits per heavy atom. The Hall–Kier alpha value is -2.99. The van der Waals surface area contributed by atoms with Gasteiger partial charge >= 0.3 is 0 Å². The average molecular weight is 402 g/mol. The predicted octanol–water partition coefficient (Wildman–Crippen LogP) is 4.47. The molecule has 30 heavy (non-hydrogen) atoms. The van der Waals surface area contributed by atoms with Gasteiger partial charge in [0.05, 0.1) is 11.3 Å². The van der Waals surface area contributed by atoms with E-state index in [1.165, 1.54) is 24.8 Å². The Labute approximate surface area is 176 Å². The first-order valence-corrected chi connectivity index (χ1v) is 10.7. The number of nitrogens with one attached hydrogen (secondary N) is 1. The molecule has 2 aliphatic heterocycles. The molecule has 1 saturated heterocycles. The number of aryl methyl sites for hydroxylation is 1. The van der Waals surface area contributed by atoms with Crippen molar-refractivity contribution >= 4 is 22.9 Å². The Morgan fingerprint density at radius 2 is 2.07 bits per heavy atom. The quantitative estimate of drug-likeness (QED) is 0.652. The number of Topliss-reactive ketones (excluding diaryl/α,β-unsaturated/α-hetero) is 1. The van der Waals surface area contributed by atoms with E-state index in [0.29, 0.717) is 34.3 Å². The minimum absolute atomic E-state index is 0.0866. The maximum Gasteiger partial charge on any atom is 0.232 e. The molecule has 0 spiro atoms.